The first-order valence-electron chi connectivity index (χ1n) is 6.85. The van der Waals surface area contributed by atoms with Gasteiger partial charge in [0, 0.05) is 11.5 Å². The zero-order chi connectivity index (χ0) is 15.7. The third-order valence-corrected chi connectivity index (χ3v) is 6.24. The summed E-state index contributed by atoms with van der Waals surface area (Å²) in [5.74, 6) is -0.528. The highest BCUT2D eigenvalue weighted by atomic mass is 32.2. The van der Waals surface area contributed by atoms with Crippen molar-refractivity contribution in [3.05, 3.63) is 35.4 Å². The van der Waals surface area contributed by atoms with E-state index in [1.807, 2.05) is 24.3 Å². The number of aliphatic carboxylic acids is 2. The van der Waals surface area contributed by atoms with Crippen molar-refractivity contribution in [2.75, 3.05) is 11.5 Å². The Hall–Kier alpha value is -1.22. The van der Waals surface area contributed by atoms with Gasteiger partial charge in [0.25, 0.3) is 0 Å². The van der Waals surface area contributed by atoms with Crippen molar-refractivity contribution in [2.24, 2.45) is 0 Å². The molecule has 1 aromatic rings. The number of carbonyl (C=O) groups is 2. The van der Waals surface area contributed by atoms with Gasteiger partial charge in [0.2, 0.25) is 0 Å². The molecule has 2 heterocycles. The minimum atomic E-state index is -0.821. The smallest absolute Gasteiger partial charge is 0.321 e. The van der Waals surface area contributed by atoms with E-state index in [-0.39, 0.29) is 10.7 Å². The lowest BCUT2D eigenvalue weighted by molar-refractivity contribution is -0.139. The van der Waals surface area contributed by atoms with Crippen LogP contribution >= 0.6 is 23.5 Å². The highest BCUT2D eigenvalue weighted by Crippen LogP contribution is 2.36. The third kappa shape index (κ3) is 3.24. The first-order chi connectivity index (χ1) is 10.5. The predicted molar refractivity (Wildman–Crippen MR) is 86.0 cm³/mol. The van der Waals surface area contributed by atoms with Crippen LogP contribution in [0.1, 0.15) is 21.9 Å². The Balaban J connectivity index is 1.64. The number of benzene rings is 1. The van der Waals surface area contributed by atoms with Crippen molar-refractivity contribution in [1.29, 1.82) is 0 Å². The van der Waals surface area contributed by atoms with Gasteiger partial charge < -0.3 is 10.2 Å². The van der Waals surface area contributed by atoms with E-state index >= 15 is 0 Å². The molecule has 2 aliphatic heterocycles. The van der Waals surface area contributed by atoms with Gasteiger partial charge in [0.15, 0.2) is 0 Å². The van der Waals surface area contributed by atoms with Crippen molar-refractivity contribution >= 4 is 35.5 Å². The second-order valence-corrected chi connectivity index (χ2v) is 7.48. The third-order valence-electron chi connectivity index (χ3n) is 3.70. The maximum Gasteiger partial charge on any atom is 0.321 e. The van der Waals surface area contributed by atoms with Crippen LogP contribution in [0.4, 0.5) is 0 Å². The highest BCUT2D eigenvalue weighted by Gasteiger charge is 2.32. The summed E-state index contributed by atoms with van der Waals surface area (Å²) in [6, 6.07) is 6.89. The largest absolute Gasteiger partial charge is 0.480 e. The minimum Gasteiger partial charge on any atom is -0.480 e. The van der Waals surface area contributed by atoms with Gasteiger partial charge in [-0.2, -0.15) is 0 Å². The zero-order valence-corrected chi connectivity index (χ0v) is 13.2. The van der Waals surface area contributed by atoms with Gasteiger partial charge in [-0.25, -0.2) is 0 Å². The van der Waals surface area contributed by atoms with Crippen LogP contribution in [0.15, 0.2) is 24.3 Å². The van der Waals surface area contributed by atoms with E-state index in [0.29, 0.717) is 11.5 Å². The molecular weight excluding hydrogens is 324 g/mol. The number of carboxylic acid groups (broad SMARTS) is 2. The maximum atomic E-state index is 11.0. The molecule has 0 radical (unpaired) electrons. The molecule has 6 nitrogen and oxygen atoms in total. The Bertz CT molecular complexity index is 530. The molecule has 0 amide bonds. The van der Waals surface area contributed by atoms with E-state index in [0.717, 1.165) is 11.1 Å². The summed E-state index contributed by atoms with van der Waals surface area (Å²) in [4.78, 5) is 21.9. The molecule has 1 aromatic carbocycles. The van der Waals surface area contributed by atoms with Crippen molar-refractivity contribution in [3.63, 3.8) is 0 Å². The molecule has 0 unspecified atom stereocenters. The molecule has 2 aliphatic rings. The highest BCUT2D eigenvalue weighted by molar-refractivity contribution is 8.00. The normalized spacial score (nSPS) is 31.3. The lowest BCUT2D eigenvalue weighted by Crippen LogP contribution is -2.34. The Labute approximate surface area is 136 Å². The molecule has 2 saturated heterocycles. The second kappa shape index (κ2) is 6.49. The molecule has 22 heavy (non-hydrogen) atoms. The Morgan fingerprint density at radius 3 is 1.50 bits per heavy atom. The fraction of sp³-hybridized carbons (Fsp3) is 0.429. The van der Waals surface area contributed by atoms with Crippen LogP contribution in [0.2, 0.25) is 0 Å². The summed E-state index contributed by atoms with van der Waals surface area (Å²) in [7, 11) is 0. The number of thioether (sulfide) groups is 2. The first kappa shape index (κ1) is 15.7. The standard InChI is InChI=1S/C14H16N2O4S2/c17-13(18)9-5-21-11(15-9)7-1-2-8(4-3-7)12-16-10(6-22-12)14(19)20/h1-4,9-12,15-16H,5-6H2,(H,17,18)(H,19,20)/t9-,10+,11-,12-/m1/s1. The van der Waals surface area contributed by atoms with Gasteiger partial charge in [-0.1, -0.05) is 24.3 Å². The zero-order valence-electron chi connectivity index (χ0n) is 11.6. The Kier molecular flexibility index (Phi) is 4.62. The second-order valence-electron chi connectivity index (χ2n) is 5.21. The number of hydrogen-bond donors (Lipinski definition) is 4. The van der Waals surface area contributed by atoms with Crippen LogP contribution in [0.3, 0.4) is 0 Å². The number of nitrogens with one attached hydrogen (secondary N) is 2. The lowest BCUT2D eigenvalue weighted by atomic mass is 10.1. The van der Waals surface area contributed by atoms with Crippen molar-refractivity contribution in [1.82, 2.24) is 10.6 Å². The van der Waals surface area contributed by atoms with E-state index in [2.05, 4.69) is 10.6 Å². The number of carboxylic acids is 2. The number of rotatable bonds is 4. The van der Waals surface area contributed by atoms with Gasteiger partial charge in [0.1, 0.15) is 12.1 Å². The van der Waals surface area contributed by atoms with Gasteiger partial charge >= 0.3 is 11.9 Å². The first-order valence-corrected chi connectivity index (χ1v) is 8.95. The van der Waals surface area contributed by atoms with Crippen LogP contribution in [-0.2, 0) is 9.59 Å². The quantitative estimate of drug-likeness (QED) is 0.650. The average molecular weight is 340 g/mol. The Morgan fingerprint density at radius 2 is 1.23 bits per heavy atom. The van der Waals surface area contributed by atoms with E-state index in [1.165, 1.54) is 0 Å². The molecule has 8 heteroatoms. The van der Waals surface area contributed by atoms with Crippen molar-refractivity contribution < 1.29 is 19.8 Å². The lowest BCUT2D eigenvalue weighted by Gasteiger charge is -2.15. The van der Waals surface area contributed by atoms with Gasteiger partial charge in [0.05, 0.1) is 10.7 Å². The molecule has 0 aromatic heterocycles. The van der Waals surface area contributed by atoms with Crippen LogP contribution in [0, 0.1) is 0 Å². The van der Waals surface area contributed by atoms with Crippen LogP contribution in [0.5, 0.6) is 0 Å². The van der Waals surface area contributed by atoms with Gasteiger partial charge in [-0.15, -0.1) is 23.5 Å². The summed E-state index contributed by atoms with van der Waals surface area (Å²) in [5.41, 5.74) is 2.07. The van der Waals surface area contributed by atoms with Crippen molar-refractivity contribution in [3.8, 4) is 0 Å². The molecular formula is C14H16N2O4S2. The number of hydrogen-bond acceptors (Lipinski definition) is 6. The SMILES string of the molecule is O=C(O)[C@@H]1CS[C@H](c2ccc([C@@H]3N[C@@H](C(=O)O)CS3)cc2)N1. The Morgan fingerprint density at radius 1 is 0.864 bits per heavy atom. The summed E-state index contributed by atoms with van der Waals surface area (Å²) < 4.78 is 0. The van der Waals surface area contributed by atoms with Gasteiger partial charge in [-0.05, 0) is 11.1 Å². The molecule has 2 fully saturated rings. The summed E-state index contributed by atoms with van der Waals surface area (Å²) in [5, 5.41) is 24.1. The molecule has 4 atom stereocenters. The van der Waals surface area contributed by atoms with Crippen molar-refractivity contribution in [2.45, 2.75) is 22.8 Å². The molecule has 0 aliphatic carbocycles. The summed E-state index contributed by atoms with van der Waals surface area (Å²) >= 11 is 3.17. The maximum absolute atomic E-state index is 11.0. The van der Waals surface area contributed by atoms with E-state index in [1.54, 1.807) is 23.5 Å². The minimum absolute atomic E-state index is 0.00823. The molecule has 0 spiro atoms. The fourth-order valence-corrected chi connectivity index (χ4v) is 4.93. The van der Waals surface area contributed by atoms with Crippen LogP contribution < -0.4 is 10.6 Å². The van der Waals surface area contributed by atoms with E-state index in [9.17, 15) is 9.59 Å². The molecule has 3 rings (SSSR count). The fourth-order valence-electron chi connectivity index (χ4n) is 2.46. The molecule has 0 bridgehead atoms. The van der Waals surface area contributed by atoms with Crippen LogP contribution in [0.25, 0.3) is 0 Å². The molecule has 4 N–H and O–H groups in total. The van der Waals surface area contributed by atoms with Crippen LogP contribution in [-0.4, -0.2) is 45.7 Å². The monoisotopic (exact) mass is 340 g/mol. The predicted octanol–water partition coefficient (Wildman–Crippen LogP) is 1.26. The van der Waals surface area contributed by atoms with E-state index < -0.39 is 24.0 Å². The molecule has 118 valence electrons. The summed E-state index contributed by atoms with van der Waals surface area (Å²) in [6.07, 6.45) is 0. The van der Waals surface area contributed by atoms with Gasteiger partial charge in [-0.3, -0.25) is 20.2 Å². The average Bonchev–Trinajstić information content (AvgIpc) is 3.17. The summed E-state index contributed by atoms with van der Waals surface area (Å²) in [6.45, 7) is 0. The topological polar surface area (TPSA) is 98.7 Å². The molecule has 0 saturated carbocycles. The van der Waals surface area contributed by atoms with E-state index in [4.69, 9.17) is 10.2 Å².